The third-order valence-electron chi connectivity index (χ3n) is 4.43. The van der Waals surface area contributed by atoms with Gasteiger partial charge >= 0.3 is 0 Å². The standard InChI is InChI=1S/C18H27N3O4S/c1-3-11-20(15(2)22)14-10-19-18(23)16-6-8-17(9-7-16)26(24,25)21-12-4-5-13-21/h6-9H,3-5,10-14H2,1-2H3,(H,19,23). The second-order valence-corrected chi connectivity index (χ2v) is 8.34. The number of rotatable bonds is 8. The van der Waals surface area contributed by atoms with Crippen LogP contribution in [0.5, 0.6) is 0 Å². The van der Waals surface area contributed by atoms with E-state index in [1.54, 1.807) is 4.90 Å². The van der Waals surface area contributed by atoms with Crippen molar-refractivity contribution in [3.05, 3.63) is 29.8 Å². The van der Waals surface area contributed by atoms with Crippen LogP contribution in [0.2, 0.25) is 0 Å². The third kappa shape index (κ3) is 5.04. The summed E-state index contributed by atoms with van der Waals surface area (Å²) in [5.74, 6) is -0.298. The van der Waals surface area contributed by atoms with Gasteiger partial charge in [-0.25, -0.2) is 8.42 Å². The quantitative estimate of drug-likeness (QED) is 0.739. The maximum Gasteiger partial charge on any atom is 0.251 e. The summed E-state index contributed by atoms with van der Waals surface area (Å²) in [5.41, 5.74) is 0.398. The topological polar surface area (TPSA) is 86.8 Å². The lowest BCUT2D eigenvalue weighted by molar-refractivity contribution is -0.128. The van der Waals surface area contributed by atoms with Crippen LogP contribution in [0.3, 0.4) is 0 Å². The van der Waals surface area contributed by atoms with Crippen molar-refractivity contribution in [1.82, 2.24) is 14.5 Å². The van der Waals surface area contributed by atoms with Gasteiger partial charge < -0.3 is 10.2 Å². The minimum absolute atomic E-state index is 0.0161. The smallest absolute Gasteiger partial charge is 0.251 e. The zero-order chi connectivity index (χ0) is 19.2. The lowest BCUT2D eigenvalue weighted by Gasteiger charge is -2.20. The van der Waals surface area contributed by atoms with Crippen LogP contribution in [0.1, 0.15) is 43.5 Å². The van der Waals surface area contributed by atoms with E-state index in [0.29, 0.717) is 38.3 Å². The van der Waals surface area contributed by atoms with Crippen molar-refractivity contribution in [3.8, 4) is 0 Å². The number of carbonyl (C=O) groups excluding carboxylic acids is 2. The van der Waals surface area contributed by atoms with Gasteiger partial charge in [-0.2, -0.15) is 4.31 Å². The number of sulfonamides is 1. The molecule has 2 rings (SSSR count). The Morgan fingerprint density at radius 2 is 1.73 bits per heavy atom. The maximum absolute atomic E-state index is 12.5. The molecule has 1 heterocycles. The van der Waals surface area contributed by atoms with Gasteiger partial charge in [0.15, 0.2) is 0 Å². The summed E-state index contributed by atoms with van der Waals surface area (Å²) >= 11 is 0. The summed E-state index contributed by atoms with van der Waals surface area (Å²) in [6, 6.07) is 5.99. The Balaban J connectivity index is 1.93. The van der Waals surface area contributed by atoms with Crippen molar-refractivity contribution in [2.45, 2.75) is 38.0 Å². The molecule has 1 aliphatic heterocycles. The van der Waals surface area contributed by atoms with Crippen molar-refractivity contribution in [1.29, 1.82) is 0 Å². The fraction of sp³-hybridized carbons (Fsp3) is 0.556. The van der Waals surface area contributed by atoms with Crippen LogP contribution < -0.4 is 5.32 Å². The molecule has 8 heteroatoms. The fourth-order valence-electron chi connectivity index (χ4n) is 2.96. The van der Waals surface area contributed by atoms with E-state index in [2.05, 4.69) is 5.32 Å². The zero-order valence-electron chi connectivity index (χ0n) is 15.4. The van der Waals surface area contributed by atoms with E-state index in [4.69, 9.17) is 0 Å². The maximum atomic E-state index is 12.5. The van der Waals surface area contributed by atoms with Crippen LogP contribution in [-0.4, -0.2) is 62.2 Å². The Labute approximate surface area is 155 Å². The molecular weight excluding hydrogens is 354 g/mol. The number of hydrogen-bond acceptors (Lipinski definition) is 4. The fourth-order valence-corrected chi connectivity index (χ4v) is 4.48. The van der Waals surface area contributed by atoms with Gasteiger partial charge in [-0.15, -0.1) is 0 Å². The van der Waals surface area contributed by atoms with Crippen LogP contribution in [-0.2, 0) is 14.8 Å². The summed E-state index contributed by atoms with van der Waals surface area (Å²) in [4.78, 5) is 25.6. The number of hydrogen-bond donors (Lipinski definition) is 1. The molecule has 0 radical (unpaired) electrons. The molecule has 0 saturated carbocycles. The highest BCUT2D eigenvalue weighted by molar-refractivity contribution is 7.89. The molecular formula is C18H27N3O4S. The van der Waals surface area contributed by atoms with Crippen molar-refractivity contribution >= 4 is 21.8 Å². The number of nitrogens with one attached hydrogen (secondary N) is 1. The predicted octanol–water partition coefficient (Wildman–Crippen LogP) is 1.46. The minimum Gasteiger partial charge on any atom is -0.350 e. The van der Waals surface area contributed by atoms with E-state index in [9.17, 15) is 18.0 Å². The van der Waals surface area contributed by atoms with E-state index in [1.807, 2.05) is 6.92 Å². The third-order valence-corrected chi connectivity index (χ3v) is 6.34. The second-order valence-electron chi connectivity index (χ2n) is 6.40. The molecule has 1 aromatic carbocycles. The van der Waals surface area contributed by atoms with Gasteiger partial charge in [0, 0.05) is 45.2 Å². The average molecular weight is 381 g/mol. The Kier molecular flexibility index (Phi) is 7.16. The molecule has 2 amide bonds. The molecule has 1 aromatic rings. The van der Waals surface area contributed by atoms with Gasteiger partial charge in [0.05, 0.1) is 4.90 Å². The highest BCUT2D eigenvalue weighted by atomic mass is 32.2. The average Bonchev–Trinajstić information content (AvgIpc) is 3.16. The molecule has 1 saturated heterocycles. The predicted molar refractivity (Wildman–Crippen MR) is 99.3 cm³/mol. The highest BCUT2D eigenvalue weighted by Gasteiger charge is 2.27. The number of benzene rings is 1. The monoisotopic (exact) mass is 381 g/mol. The summed E-state index contributed by atoms with van der Waals surface area (Å²) < 4.78 is 26.4. The van der Waals surface area contributed by atoms with Crippen molar-refractivity contribution < 1.29 is 18.0 Å². The lowest BCUT2D eigenvalue weighted by atomic mass is 10.2. The van der Waals surface area contributed by atoms with Gasteiger partial charge in [-0.1, -0.05) is 6.92 Å². The first-order valence-corrected chi connectivity index (χ1v) is 10.4. The van der Waals surface area contributed by atoms with Crippen LogP contribution in [0.15, 0.2) is 29.2 Å². The van der Waals surface area contributed by atoms with E-state index in [1.165, 1.54) is 35.5 Å². The summed E-state index contributed by atoms with van der Waals surface area (Å²) in [6.07, 6.45) is 2.63. The first-order valence-electron chi connectivity index (χ1n) is 9.00. The molecule has 1 N–H and O–H groups in total. The van der Waals surface area contributed by atoms with E-state index in [-0.39, 0.29) is 16.7 Å². The summed E-state index contributed by atoms with van der Waals surface area (Å²) in [6.45, 7) is 6.07. The largest absolute Gasteiger partial charge is 0.350 e. The van der Waals surface area contributed by atoms with Gasteiger partial charge in [0.25, 0.3) is 5.91 Å². The van der Waals surface area contributed by atoms with Crippen LogP contribution in [0.25, 0.3) is 0 Å². The number of amides is 2. The summed E-state index contributed by atoms with van der Waals surface area (Å²) in [5, 5.41) is 2.76. The van der Waals surface area contributed by atoms with Crippen LogP contribution in [0.4, 0.5) is 0 Å². The van der Waals surface area contributed by atoms with Crippen LogP contribution in [0, 0.1) is 0 Å². The van der Waals surface area contributed by atoms with Crippen molar-refractivity contribution in [2.24, 2.45) is 0 Å². The number of nitrogens with zero attached hydrogens (tertiary/aromatic N) is 2. The van der Waals surface area contributed by atoms with Gasteiger partial charge in [-0.3, -0.25) is 9.59 Å². The number of carbonyl (C=O) groups is 2. The van der Waals surface area contributed by atoms with Crippen LogP contribution >= 0.6 is 0 Å². The summed E-state index contributed by atoms with van der Waals surface area (Å²) in [7, 11) is -3.47. The second kappa shape index (κ2) is 9.14. The van der Waals surface area contributed by atoms with E-state index >= 15 is 0 Å². The van der Waals surface area contributed by atoms with E-state index in [0.717, 1.165) is 19.3 Å². The zero-order valence-corrected chi connectivity index (χ0v) is 16.2. The Hall–Kier alpha value is -1.93. The van der Waals surface area contributed by atoms with Gasteiger partial charge in [0.1, 0.15) is 0 Å². The Bertz CT molecular complexity index is 725. The molecule has 1 aliphatic rings. The molecule has 144 valence electrons. The van der Waals surface area contributed by atoms with E-state index < -0.39 is 10.0 Å². The molecule has 26 heavy (non-hydrogen) atoms. The first-order chi connectivity index (χ1) is 12.4. The Morgan fingerprint density at radius 3 is 2.27 bits per heavy atom. The molecule has 0 unspecified atom stereocenters. The Morgan fingerprint density at radius 1 is 1.12 bits per heavy atom. The van der Waals surface area contributed by atoms with Gasteiger partial charge in [0.2, 0.25) is 15.9 Å². The molecule has 0 bridgehead atoms. The molecule has 0 aromatic heterocycles. The molecule has 0 aliphatic carbocycles. The van der Waals surface area contributed by atoms with Gasteiger partial charge in [-0.05, 0) is 43.5 Å². The molecule has 7 nitrogen and oxygen atoms in total. The molecule has 0 spiro atoms. The molecule has 1 fully saturated rings. The highest BCUT2D eigenvalue weighted by Crippen LogP contribution is 2.21. The molecule has 0 atom stereocenters. The van der Waals surface area contributed by atoms with Crippen molar-refractivity contribution in [3.63, 3.8) is 0 Å². The normalized spacial score (nSPS) is 15.0. The first kappa shape index (κ1) is 20.4. The SMILES string of the molecule is CCCN(CCNC(=O)c1ccc(S(=O)(=O)N2CCCC2)cc1)C(C)=O. The van der Waals surface area contributed by atoms with Crippen molar-refractivity contribution in [2.75, 3.05) is 32.7 Å². The minimum atomic E-state index is -3.47. The lowest BCUT2D eigenvalue weighted by Crippen LogP contribution is -2.37.